The minimum Gasteiger partial charge on any atom is -0.376 e. The zero-order valence-corrected chi connectivity index (χ0v) is 13.8. The van der Waals surface area contributed by atoms with Crippen molar-refractivity contribution < 1.29 is 4.79 Å². The van der Waals surface area contributed by atoms with Gasteiger partial charge in [0.2, 0.25) is 5.91 Å². The van der Waals surface area contributed by atoms with Crippen LogP contribution in [-0.2, 0) is 17.8 Å². The molecule has 0 saturated carbocycles. The van der Waals surface area contributed by atoms with Gasteiger partial charge in [-0.2, -0.15) is 5.10 Å². The van der Waals surface area contributed by atoms with Gasteiger partial charge in [0, 0.05) is 11.1 Å². The average molecular weight is 402 g/mol. The Labute approximate surface area is 134 Å². The molecule has 2 heterocycles. The smallest absolute Gasteiger partial charge is 0.239 e. The molecule has 1 unspecified atom stereocenters. The first-order valence-corrected chi connectivity index (χ1v) is 8.37. The molecule has 0 fully saturated rings. The summed E-state index contributed by atoms with van der Waals surface area (Å²) in [5.41, 5.74) is 7.51. The van der Waals surface area contributed by atoms with E-state index < -0.39 is 0 Å². The molecular formula is C13H15IN4OS. The lowest BCUT2D eigenvalue weighted by molar-refractivity contribution is -0.118. The highest BCUT2D eigenvalue weighted by Crippen LogP contribution is 2.37. The van der Waals surface area contributed by atoms with Crippen LogP contribution in [0.1, 0.15) is 29.3 Å². The number of thiophene rings is 1. The van der Waals surface area contributed by atoms with Crippen molar-refractivity contribution in [1.29, 1.82) is 0 Å². The van der Waals surface area contributed by atoms with Crippen molar-refractivity contribution in [3.8, 4) is 0 Å². The lowest BCUT2D eigenvalue weighted by atomic mass is 9.94. The monoisotopic (exact) mass is 402 g/mol. The van der Waals surface area contributed by atoms with Crippen LogP contribution in [0, 0.1) is 2.88 Å². The number of primary amides is 1. The molecule has 0 aromatic carbocycles. The van der Waals surface area contributed by atoms with Crippen molar-refractivity contribution in [2.45, 2.75) is 31.8 Å². The van der Waals surface area contributed by atoms with E-state index in [4.69, 9.17) is 5.73 Å². The molecule has 1 amide bonds. The predicted octanol–water partition coefficient (Wildman–Crippen LogP) is 2.52. The van der Waals surface area contributed by atoms with Crippen molar-refractivity contribution in [2.75, 3.05) is 5.32 Å². The Hall–Kier alpha value is -1.09. The van der Waals surface area contributed by atoms with Crippen molar-refractivity contribution in [3.05, 3.63) is 31.8 Å². The second-order valence-corrected chi connectivity index (χ2v) is 7.94. The second kappa shape index (κ2) is 5.72. The van der Waals surface area contributed by atoms with Gasteiger partial charge in [0.25, 0.3) is 0 Å². The zero-order chi connectivity index (χ0) is 14.1. The summed E-state index contributed by atoms with van der Waals surface area (Å²) in [4.78, 5) is 12.4. The fourth-order valence-electron chi connectivity index (χ4n) is 2.56. The van der Waals surface area contributed by atoms with E-state index in [1.165, 1.54) is 26.2 Å². The van der Waals surface area contributed by atoms with Crippen molar-refractivity contribution >= 4 is 45.5 Å². The van der Waals surface area contributed by atoms with E-state index in [0.29, 0.717) is 6.04 Å². The number of rotatable bonds is 4. The Kier molecular flexibility index (Phi) is 3.97. The number of aromatic nitrogens is 2. The summed E-state index contributed by atoms with van der Waals surface area (Å²) in [6.07, 6.45) is 7.09. The van der Waals surface area contributed by atoms with Crippen LogP contribution >= 0.6 is 33.9 Å². The van der Waals surface area contributed by atoms with E-state index in [1.807, 2.05) is 17.5 Å². The summed E-state index contributed by atoms with van der Waals surface area (Å²) in [5.74, 6) is -0.382. The molecule has 0 radical (unpaired) electrons. The SMILES string of the molecule is NC(=O)Cn1cc(NC2CCCc3sc(I)cc32)cn1. The number of hydrogen-bond donors (Lipinski definition) is 2. The molecule has 106 valence electrons. The highest BCUT2D eigenvalue weighted by Gasteiger charge is 2.22. The molecule has 0 bridgehead atoms. The number of halogens is 1. The van der Waals surface area contributed by atoms with E-state index >= 15 is 0 Å². The zero-order valence-electron chi connectivity index (χ0n) is 10.8. The Morgan fingerprint density at radius 3 is 3.30 bits per heavy atom. The number of nitrogens with two attached hydrogens (primary N) is 1. The van der Waals surface area contributed by atoms with Gasteiger partial charge in [0.05, 0.1) is 20.8 Å². The maximum Gasteiger partial charge on any atom is 0.239 e. The molecule has 1 atom stereocenters. The third-order valence-corrected chi connectivity index (χ3v) is 5.35. The molecule has 0 spiro atoms. The second-order valence-electron chi connectivity index (χ2n) is 4.91. The number of amides is 1. The Balaban J connectivity index is 1.75. The molecule has 3 N–H and O–H groups in total. The first-order valence-electron chi connectivity index (χ1n) is 6.47. The fraction of sp³-hybridized carbons (Fsp3) is 0.385. The normalized spacial score (nSPS) is 17.8. The Morgan fingerprint density at radius 2 is 2.50 bits per heavy atom. The van der Waals surface area contributed by atoms with Crippen LogP contribution in [0.2, 0.25) is 0 Å². The maximum absolute atomic E-state index is 10.9. The van der Waals surface area contributed by atoms with Gasteiger partial charge in [0.15, 0.2) is 0 Å². The molecule has 7 heteroatoms. The van der Waals surface area contributed by atoms with E-state index in [2.05, 4.69) is 39.1 Å². The number of nitrogens with zero attached hydrogens (tertiary/aromatic N) is 2. The Bertz CT molecular complexity index is 636. The van der Waals surface area contributed by atoms with Gasteiger partial charge in [-0.1, -0.05) is 0 Å². The third-order valence-electron chi connectivity index (χ3n) is 3.38. The summed E-state index contributed by atoms with van der Waals surface area (Å²) in [7, 11) is 0. The summed E-state index contributed by atoms with van der Waals surface area (Å²) in [6, 6.07) is 2.61. The first-order chi connectivity index (χ1) is 9.61. The minimum absolute atomic E-state index is 0.119. The number of anilines is 1. The molecule has 0 saturated heterocycles. The van der Waals surface area contributed by atoms with Crippen LogP contribution in [-0.4, -0.2) is 15.7 Å². The van der Waals surface area contributed by atoms with Gasteiger partial charge >= 0.3 is 0 Å². The molecule has 2 aromatic rings. The fourth-order valence-corrected chi connectivity index (χ4v) is 4.68. The van der Waals surface area contributed by atoms with Gasteiger partial charge in [-0.05, 0) is 53.5 Å². The van der Waals surface area contributed by atoms with Gasteiger partial charge in [-0.15, -0.1) is 11.3 Å². The molecule has 3 rings (SSSR count). The molecule has 20 heavy (non-hydrogen) atoms. The third kappa shape index (κ3) is 2.98. The molecule has 1 aliphatic carbocycles. The van der Waals surface area contributed by atoms with Crippen LogP contribution in [0.15, 0.2) is 18.5 Å². The summed E-state index contributed by atoms with van der Waals surface area (Å²) < 4.78 is 2.90. The van der Waals surface area contributed by atoms with Crippen LogP contribution < -0.4 is 11.1 Å². The van der Waals surface area contributed by atoms with E-state index in [1.54, 1.807) is 10.9 Å². The number of fused-ring (bicyclic) bond motifs is 1. The predicted molar refractivity (Wildman–Crippen MR) is 87.8 cm³/mol. The molecule has 5 nitrogen and oxygen atoms in total. The van der Waals surface area contributed by atoms with Crippen molar-refractivity contribution in [3.63, 3.8) is 0 Å². The van der Waals surface area contributed by atoms with Gasteiger partial charge in [-0.25, -0.2) is 0 Å². The summed E-state index contributed by atoms with van der Waals surface area (Å²) >= 11 is 4.26. The summed E-state index contributed by atoms with van der Waals surface area (Å²) in [5, 5.41) is 7.65. The van der Waals surface area contributed by atoms with Gasteiger partial charge in [0.1, 0.15) is 6.54 Å². The lowest BCUT2D eigenvalue weighted by Gasteiger charge is -2.23. The molecule has 2 aromatic heterocycles. The Morgan fingerprint density at radius 1 is 1.65 bits per heavy atom. The largest absolute Gasteiger partial charge is 0.376 e. The van der Waals surface area contributed by atoms with Crippen molar-refractivity contribution in [1.82, 2.24) is 9.78 Å². The number of aryl methyl sites for hydroxylation is 1. The van der Waals surface area contributed by atoms with Crippen LogP contribution in [0.25, 0.3) is 0 Å². The number of nitrogens with one attached hydrogen (secondary N) is 1. The highest BCUT2D eigenvalue weighted by atomic mass is 127. The first kappa shape index (κ1) is 13.9. The lowest BCUT2D eigenvalue weighted by Crippen LogP contribution is -2.19. The minimum atomic E-state index is -0.382. The summed E-state index contributed by atoms with van der Waals surface area (Å²) in [6.45, 7) is 0.119. The van der Waals surface area contributed by atoms with Crippen molar-refractivity contribution in [2.24, 2.45) is 5.73 Å². The average Bonchev–Trinajstić information content (AvgIpc) is 2.95. The number of carbonyl (C=O) groups excluding carboxylic acids is 1. The van der Waals surface area contributed by atoms with E-state index in [0.717, 1.165) is 12.1 Å². The number of carbonyl (C=O) groups is 1. The van der Waals surface area contributed by atoms with Gasteiger partial charge in [-0.3, -0.25) is 9.48 Å². The van der Waals surface area contributed by atoms with Crippen LogP contribution in [0.5, 0.6) is 0 Å². The van der Waals surface area contributed by atoms with Crippen LogP contribution in [0.4, 0.5) is 5.69 Å². The van der Waals surface area contributed by atoms with E-state index in [9.17, 15) is 4.79 Å². The number of hydrogen-bond acceptors (Lipinski definition) is 4. The molecule has 0 aliphatic heterocycles. The van der Waals surface area contributed by atoms with Gasteiger partial charge < -0.3 is 11.1 Å². The standard InChI is InChI=1S/C13H15IN4OS/c14-12-4-9-10(2-1-3-11(9)20-12)17-8-5-16-18(6-8)7-13(15)19/h4-6,10,17H,1-3,7H2,(H2,15,19). The quantitative estimate of drug-likeness (QED) is 0.773. The highest BCUT2D eigenvalue weighted by molar-refractivity contribution is 14.1. The van der Waals surface area contributed by atoms with E-state index in [-0.39, 0.29) is 12.5 Å². The topological polar surface area (TPSA) is 72.9 Å². The molecular weight excluding hydrogens is 387 g/mol. The van der Waals surface area contributed by atoms with Crippen LogP contribution in [0.3, 0.4) is 0 Å². The molecule has 1 aliphatic rings. The maximum atomic E-state index is 10.9.